The van der Waals surface area contributed by atoms with E-state index in [1.807, 2.05) is 12.3 Å². The second kappa shape index (κ2) is 6.21. The molecule has 0 saturated carbocycles. The second-order valence-corrected chi connectivity index (χ2v) is 5.99. The van der Waals surface area contributed by atoms with E-state index in [-0.39, 0.29) is 6.04 Å². The van der Waals surface area contributed by atoms with Crippen LogP contribution >= 0.6 is 0 Å². The Kier molecular flexibility index (Phi) is 3.77. The summed E-state index contributed by atoms with van der Waals surface area (Å²) < 4.78 is 0. The SMILES string of the molecule is C(=NC1c2ccccc2CCc2ccccc21)c1ccccc1. The van der Waals surface area contributed by atoms with Crippen LogP contribution in [0.5, 0.6) is 0 Å². The number of rotatable bonds is 2. The van der Waals surface area contributed by atoms with E-state index in [1.165, 1.54) is 22.3 Å². The lowest BCUT2D eigenvalue weighted by atomic mass is 9.95. The Morgan fingerprint density at radius 3 is 1.78 bits per heavy atom. The van der Waals surface area contributed by atoms with E-state index in [1.54, 1.807) is 0 Å². The Morgan fingerprint density at radius 2 is 1.17 bits per heavy atom. The molecule has 1 nitrogen and oxygen atoms in total. The van der Waals surface area contributed by atoms with Gasteiger partial charge in [-0.05, 0) is 40.7 Å². The Balaban J connectivity index is 1.82. The zero-order valence-electron chi connectivity index (χ0n) is 13.0. The first kappa shape index (κ1) is 14.0. The smallest absolute Gasteiger partial charge is 0.100 e. The molecule has 0 saturated heterocycles. The number of aliphatic imine (C=N–C) groups is 1. The van der Waals surface area contributed by atoms with Gasteiger partial charge < -0.3 is 0 Å². The van der Waals surface area contributed by atoms with Gasteiger partial charge in [0.05, 0.1) is 0 Å². The van der Waals surface area contributed by atoms with Crippen molar-refractivity contribution in [3.8, 4) is 0 Å². The highest BCUT2D eigenvalue weighted by molar-refractivity contribution is 5.80. The number of fused-ring (bicyclic) bond motifs is 2. The number of benzene rings is 3. The van der Waals surface area contributed by atoms with Crippen molar-refractivity contribution in [2.24, 2.45) is 4.99 Å². The lowest BCUT2D eigenvalue weighted by molar-refractivity contribution is 0.870. The van der Waals surface area contributed by atoms with E-state index in [0.717, 1.165) is 18.4 Å². The molecule has 0 unspecified atom stereocenters. The summed E-state index contributed by atoms with van der Waals surface area (Å²) in [7, 11) is 0. The summed E-state index contributed by atoms with van der Waals surface area (Å²) in [6, 6.07) is 27.9. The summed E-state index contributed by atoms with van der Waals surface area (Å²) in [5.41, 5.74) is 6.65. The summed E-state index contributed by atoms with van der Waals surface area (Å²) in [5, 5.41) is 0. The molecule has 3 aromatic rings. The van der Waals surface area contributed by atoms with E-state index < -0.39 is 0 Å². The first-order valence-corrected chi connectivity index (χ1v) is 8.15. The summed E-state index contributed by atoms with van der Waals surface area (Å²) in [5.74, 6) is 0. The van der Waals surface area contributed by atoms with Crippen molar-refractivity contribution in [2.75, 3.05) is 0 Å². The fraction of sp³-hybridized carbons (Fsp3) is 0.136. The zero-order valence-corrected chi connectivity index (χ0v) is 13.0. The summed E-state index contributed by atoms with van der Waals surface area (Å²) in [6.45, 7) is 0. The van der Waals surface area contributed by atoms with Crippen molar-refractivity contribution >= 4 is 6.21 Å². The Bertz CT molecular complexity index is 786. The summed E-state index contributed by atoms with van der Waals surface area (Å²) in [6.07, 6.45) is 4.18. The van der Waals surface area contributed by atoms with Gasteiger partial charge in [0.1, 0.15) is 6.04 Å². The minimum Gasteiger partial charge on any atom is -0.280 e. The van der Waals surface area contributed by atoms with Gasteiger partial charge >= 0.3 is 0 Å². The molecule has 1 heteroatoms. The number of aryl methyl sites for hydroxylation is 2. The third-order valence-corrected chi connectivity index (χ3v) is 4.54. The highest BCUT2D eigenvalue weighted by Crippen LogP contribution is 2.35. The molecule has 0 heterocycles. The third kappa shape index (κ3) is 2.83. The van der Waals surface area contributed by atoms with Crippen LogP contribution in [-0.2, 0) is 12.8 Å². The van der Waals surface area contributed by atoms with Crippen LogP contribution in [0.1, 0.15) is 33.9 Å². The van der Waals surface area contributed by atoms with Crippen molar-refractivity contribution in [3.05, 3.63) is 107 Å². The molecule has 0 atom stereocenters. The molecule has 0 N–H and O–H groups in total. The van der Waals surface area contributed by atoms with Crippen LogP contribution in [0.2, 0.25) is 0 Å². The van der Waals surface area contributed by atoms with Gasteiger partial charge in [0.15, 0.2) is 0 Å². The fourth-order valence-electron chi connectivity index (χ4n) is 3.35. The average molecular weight is 297 g/mol. The highest BCUT2D eigenvalue weighted by Gasteiger charge is 2.21. The van der Waals surface area contributed by atoms with Crippen LogP contribution in [0.4, 0.5) is 0 Å². The van der Waals surface area contributed by atoms with Crippen molar-refractivity contribution < 1.29 is 0 Å². The maximum atomic E-state index is 4.97. The molecule has 0 fully saturated rings. The van der Waals surface area contributed by atoms with Crippen LogP contribution in [-0.4, -0.2) is 6.21 Å². The van der Waals surface area contributed by atoms with E-state index in [9.17, 15) is 0 Å². The van der Waals surface area contributed by atoms with Crippen LogP contribution in [0.15, 0.2) is 83.9 Å². The van der Waals surface area contributed by atoms with Gasteiger partial charge in [0.25, 0.3) is 0 Å². The predicted octanol–water partition coefficient (Wildman–Crippen LogP) is 4.99. The topological polar surface area (TPSA) is 12.4 Å². The highest BCUT2D eigenvalue weighted by atomic mass is 14.8. The van der Waals surface area contributed by atoms with Gasteiger partial charge in [-0.15, -0.1) is 0 Å². The fourth-order valence-corrected chi connectivity index (χ4v) is 3.35. The minimum absolute atomic E-state index is 0.0881. The molecule has 3 aromatic carbocycles. The maximum Gasteiger partial charge on any atom is 0.100 e. The van der Waals surface area contributed by atoms with Gasteiger partial charge in [-0.25, -0.2) is 0 Å². The van der Waals surface area contributed by atoms with Crippen LogP contribution < -0.4 is 0 Å². The molecule has 23 heavy (non-hydrogen) atoms. The third-order valence-electron chi connectivity index (χ3n) is 4.54. The standard InChI is InChI=1S/C22H19N/c1-2-8-17(9-3-1)16-23-22-20-12-6-4-10-18(20)14-15-19-11-5-7-13-21(19)22/h1-13,16,22H,14-15H2. The lowest BCUT2D eigenvalue weighted by Gasteiger charge is -2.16. The first-order chi connectivity index (χ1) is 11.4. The number of hydrogen-bond acceptors (Lipinski definition) is 1. The molecule has 0 aromatic heterocycles. The summed E-state index contributed by atoms with van der Waals surface area (Å²) in [4.78, 5) is 4.97. The van der Waals surface area contributed by atoms with Gasteiger partial charge in [0, 0.05) is 6.21 Å². The van der Waals surface area contributed by atoms with Crippen molar-refractivity contribution in [2.45, 2.75) is 18.9 Å². The van der Waals surface area contributed by atoms with Crippen molar-refractivity contribution in [1.29, 1.82) is 0 Å². The van der Waals surface area contributed by atoms with Gasteiger partial charge in [-0.1, -0.05) is 78.9 Å². The molecule has 112 valence electrons. The normalized spacial score (nSPS) is 14.3. The molecular formula is C22H19N. The van der Waals surface area contributed by atoms with E-state index in [2.05, 4.69) is 72.8 Å². The first-order valence-electron chi connectivity index (χ1n) is 8.15. The van der Waals surface area contributed by atoms with Gasteiger partial charge in [-0.2, -0.15) is 0 Å². The largest absolute Gasteiger partial charge is 0.280 e. The van der Waals surface area contributed by atoms with Crippen molar-refractivity contribution in [1.82, 2.24) is 0 Å². The second-order valence-electron chi connectivity index (χ2n) is 5.99. The molecular weight excluding hydrogens is 278 g/mol. The van der Waals surface area contributed by atoms with Crippen LogP contribution in [0.3, 0.4) is 0 Å². The Morgan fingerprint density at radius 1 is 0.652 bits per heavy atom. The van der Waals surface area contributed by atoms with Gasteiger partial charge in [0.2, 0.25) is 0 Å². The molecule has 0 bridgehead atoms. The quantitative estimate of drug-likeness (QED) is 0.591. The molecule has 0 spiro atoms. The van der Waals surface area contributed by atoms with E-state index in [4.69, 9.17) is 4.99 Å². The minimum atomic E-state index is 0.0881. The molecule has 4 rings (SSSR count). The maximum absolute atomic E-state index is 4.97. The van der Waals surface area contributed by atoms with E-state index in [0.29, 0.717) is 0 Å². The predicted molar refractivity (Wildman–Crippen MR) is 96.2 cm³/mol. The Labute approximate surface area is 137 Å². The number of hydrogen-bond donors (Lipinski definition) is 0. The molecule has 0 amide bonds. The summed E-state index contributed by atoms with van der Waals surface area (Å²) >= 11 is 0. The molecule has 1 aliphatic rings. The lowest BCUT2D eigenvalue weighted by Crippen LogP contribution is -2.01. The average Bonchev–Trinajstić information content (AvgIpc) is 2.78. The molecule has 0 aliphatic heterocycles. The Hall–Kier alpha value is -2.67. The molecule has 0 radical (unpaired) electrons. The van der Waals surface area contributed by atoms with Crippen LogP contribution in [0, 0.1) is 0 Å². The van der Waals surface area contributed by atoms with E-state index >= 15 is 0 Å². The molecule has 1 aliphatic carbocycles. The van der Waals surface area contributed by atoms with Crippen LogP contribution in [0.25, 0.3) is 0 Å². The van der Waals surface area contributed by atoms with Crippen molar-refractivity contribution in [3.63, 3.8) is 0 Å². The zero-order chi connectivity index (χ0) is 15.5. The monoisotopic (exact) mass is 297 g/mol. The number of nitrogens with zero attached hydrogens (tertiary/aromatic N) is 1. The van der Waals surface area contributed by atoms with Gasteiger partial charge in [-0.3, -0.25) is 4.99 Å².